The van der Waals surface area contributed by atoms with E-state index in [1.54, 1.807) is 12.1 Å². The van der Waals surface area contributed by atoms with Crippen molar-refractivity contribution < 1.29 is 9.50 Å². The maximum Gasteiger partial charge on any atom is 0.135 e. The Labute approximate surface area is 112 Å². The molecular weight excluding hydrogens is 251 g/mol. The van der Waals surface area contributed by atoms with Gasteiger partial charge < -0.3 is 15.7 Å². The molecule has 3 N–H and O–H groups in total. The van der Waals surface area contributed by atoms with Gasteiger partial charge in [-0.2, -0.15) is 0 Å². The van der Waals surface area contributed by atoms with Gasteiger partial charge in [0.2, 0.25) is 0 Å². The average Bonchev–Trinajstić information content (AvgIpc) is 2.28. The Hall–Kier alpha value is -1.20. The molecule has 0 aromatic heterocycles. The SMILES string of the molecule is CC(C)N(CCCO)c1ccc(C(N)=S)c(F)c1. The number of nitrogens with zero attached hydrogens (tertiary/aromatic N) is 1. The van der Waals surface area contributed by atoms with Crippen LogP contribution in [0, 0.1) is 5.82 Å². The highest BCUT2D eigenvalue weighted by Crippen LogP contribution is 2.21. The second kappa shape index (κ2) is 6.66. The van der Waals surface area contributed by atoms with Gasteiger partial charge in [-0.3, -0.25) is 0 Å². The molecule has 0 aliphatic heterocycles. The number of hydrogen-bond donors (Lipinski definition) is 2. The molecule has 0 saturated carbocycles. The number of rotatable bonds is 6. The first-order valence-electron chi connectivity index (χ1n) is 5.94. The molecule has 100 valence electrons. The zero-order chi connectivity index (χ0) is 13.7. The van der Waals surface area contributed by atoms with Gasteiger partial charge >= 0.3 is 0 Å². The van der Waals surface area contributed by atoms with Gasteiger partial charge in [-0.05, 0) is 38.5 Å². The standard InChI is InChI=1S/C13H19FN2OS/c1-9(2)16(6-3-7-17)10-4-5-11(13(15)18)12(14)8-10/h4-5,8-9,17H,3,6-7H2,1-2H3,(H2,15,18). The van der Waals surface area contributed by atoms with Crippen LogP contribution in [0.5, 0.6) is 0 Å². The lowest BCUT2D eigenvalue weighted by Crippen LogP contribution is -2.32. The first-order valence-corrected chi connectivity index (χ1v) is 6.35. The Kier molecular flexibility index (Phi) is 5.50. The first kappa shape index (κ1) is 14.9. The van der Waals surface area contributed by atoms with E-state index in [4.69, 9.17) is 23.1 Å². The van der Waals surface area contributed by atoms with E-state index in [-0.39, 0.29) is 23.2 Å². The fourth-order valence-corrected chi connectivity index (χ4v) is 1.97. The number of aliphatic hydroxyl groups is 1. The summed E-state index contributed by atoms with van der Waals surface area (Å²) in [6, 6.07) is 5.06. The Morgan fingerprint density at radius 2 is 2.17 bits per heavy atom. The predicted octanol–water partition coefficient (Wildman–Crippen LogP) is 2.06. The number of benzene rings is 1. The van der Waals surface area contributed by atoms with Crippen molar-refractivity contribution in [3.8, 4) is 0 Å². The molecule has 5 heteroatoms. The van der Waals surface area contributed by atoms with Crippen LogP contribution in [0.1, 0.15) is 25.8 Å². The number of thiocarbonyl (C=S) groups is 1. The fraction of sp³-hybridized carbons (Fsp3) is 0.462. The van der Waals surface area contributed by atoms with Gasteiger partial charge in [-0.15, -0.1) is 0 Å². The van der Waals surface area contributed by atoms with E-state index in [1.807, 2.05) is 18.7 Å². The number of aliphatic hydroxyl groups excluding tert-OH is 1. The number of nitrogens with two attached hydrogens (primary N) is 1. The molecule has 1 aromatic rings. The molecule has 0 bridgehead atoms. The largest absolute Gasteiger partial charge is 0.396 e. The minimum Gasteiger partial charge on any atom is -0.396 e. The molecule has 0 saturated heterocycles. The third kappa shape index (κ3) is 3.65. The van der Waals surface area contributed by atoms with Crippen molar-refractivity contribution >= 4 is 22.9 Å². The summed E-state index contributed by atoms with van der Waals surface area (Å²) in [4.78, 5) is 2.09. The van der Waals surface area contributed by atoms with Crippen molar-refractivity contribution in [1.29, 1.82) is 0 Å². The molecule has 0 aliphatic rings. The van der Waals surface area contributed by atoms with Crippen molar-refractivity contribution in [1.82, 2.24) is 0 Å². The maximum absolute atomic E-state index is 13.8. The van der Waals surface area contributed by atoms with Crippen LogP contribution in [0.15, 0.2) is 18.2 Å². The molecule has 0 spiro atoms. The van der Waals surface area contributed by atoms with Crippen molar-refractivity contribution in [3.63, 3.8) is 0 Å². The van der Waals surface area contributed by atoms with Crippen LogP contribution in [0.2, 0.25) is 0 Å². The molecule has 0 radical (unpaired) electrons. The molecule has 0 aliphatic carbocycles. The van der Waals surface area contributed by atoms with Crippen molar-refractivity contribution in [3.05, 3.63) is 29.6 Å². The van der Waals surface area contributed by atoms with Gasteiger partial charge in [0.1, 0.15) is 10.8 Å². The van der Waals surface area contributed by atoms with Crippen LogP contribution < -0.4 is 10.6 Å². The van der Waals surface area contributed by atoms with Crippen LogP contribution >= 0.6 is 12.2 Å². The predicted molar refractivity (Wildman–Crippen MR) is 76.5 cm³/mol. The number of halogens is 1. The summed E-state index contributed by atoms with van der Waals surface area (Å²) in [5, 5.41) is 8.88. The third-order valence-electron chi connectivity index (χ3n) is 2.73. The summed E-state index contributed by atoms with van der Waals surface area (Å²) < 4.78 is 13.8. The monoisotopic (exact) mass is 270 g/mol. The highest BCUT2D eigenvalue weighted by molar-refractivity contribution is 7.80. The van der Waals surface area contributed by atoms with Crippen LogP contribution in [0.25, 0.3) is 0 Å². The van der Waals surface area contributed by atoms with Crippen LogP contribution in [-0.2, 0) is 0 Å². The summed E-state index contributed by atoms with van der Waals surface area (Å²) in [6.45, 7) is 4.85. The topological polar surface area (TPSA) is 49.5 Å². The normalized spacial score (nSPS) is 10.7. The Morgan fingerprint density at radius 3 is 2.61 bits per heavy atom. The zero-order valence-electron chi connectivity index (χ0n) is 10.7. The Balaban J connectivity index is 2.99. The number of hydrogen-bond acceptors (Lipinski definition) is 3. The van der Waals surface area contributed by atoms with E-state index in [0.717, 1.165) is 5.69 Å². The summed E-state index contributed by atoms with van der Waals surface area (Å²) in [7, 11) is 0. The molecule has 0 atom stereocenters. The molecule has 0 fully saturated rings. The van der Waals surface area contributed by atoms with Gasteiger partial charge in [-0.25, -0.2) is 4.39 Å². The summed E-state index contributed by atoms with van der Waals surface area (Å²) in [6.07, 6.45) is 0.650. The number of anilines is 1. The Bertz CT molecular complexity index is 423. The smallest absolute Gasteiger partial charge is 0.135 e. The zero-order valence-corrected chi connectivity index (χ0v) is 11.5. The van der Waals surface area contributed by atoms with Gasteiger partial charge in [0, 0.05) is 30.4 Å². The van der Waals surface area contributed by atoms with Gasteiger partial charge in [0.25, 0.3) is 0 Å². The lowest BCUT2D eigenvalue weighted by atomic mass is 10.1. The quantitative estimate of drug-likeness (QED) is 0.777. The van der Waals surface area contributed by atoms with Gasteiger partial charge in [0.15, 0.2) is 0 Å². The molecule has 1 aromatic carbocycles. The van der Waals surface area contributed by atoms with Gasteiger partial charge in [-0.1, -0.05) is 12.2 Å². The summed E-state index contributed by atoms with van der Waals surface area (Å²) >= 11 is 4.77. The summed E-state index contributed by atoms with van der Waals surface area (Å²) in [5.74, 6) is -0.408. The average molecular weight is 270 g/mol. The van der Waals surface area contributed by atoms with E-state index < -0.39 is 5.82 Å². The van der Waals surface area contributed by atoms with Crippen LogP contribution in [-0.4, -0.2) is 29.3 Å². The minimum absolute atomic E-state index is 0.0607. The van der Waals surface area contributed by atoms with Crippen molar-refractivity contribution in [2.24, 2.45) is 5.73 Å². The highest BCUT2D eigenvalue weighted by Gasteiger charge is 2.13. The molecule has 18 heavy (non-hydrogen) atoms. The van der Waals surface area contributed by atoms with Crippen LogP contribution in [0.4, 0.5) is 10.1 Å². The lowest BCUT2D eigenvalue weighted by Gasteiger charge is -2.29. The van der Waals surface area contributed by atoms with E-state index in [2.05, 4.69) is 0 Å². The fourth-order valence-electron chi connectivity index (χ4n) is 1.81. The van der Waals surface area contributed by atoms with Crippen molar-refractivity contribution in [2.45, 2.75) is 26.3 Å². The van der Waals surface area contributed by atoms with Crippen LogP contribution in [0.3, 0.4) is 0 Å². The summed E-state index contributed by atoms with van der Waals surface area (Å²) in [5.41, 5.74) is 6.46. The van der Waals surface area contributed by atoms with E-state index >= 15 is 0 Å². The highest BCUT2D eigenvalue weighted by atomic mass is 32.1. The first-order chi connectivity index (χ1) is 8.47. The Morgan fingerprint density at radius 1 is 1.50 bits per heavy atom. The minimum atomic E-state index is -0.408. The second-order valence-electron chi connectivity index (χ2n) is 4.39. The van der Waals surface area contributed by atoms with Gasteiger partial charge in [0.05, 0.1) is 0 Å². The molecule has 0 amide bonds. The van der Waals surface area contributed by atoms with E-state index in [0.29, 0.717) is 13.0 Å². The second-order valence-corrected chi connectivity index (χ2v) is 4.83. The third-order valence-corrected chi connectivity index (χ3v) is 2.95. The maximum atomic E-state index is 13.8. The van der Waals surface area contributed by atoms with Crippen molar-refractivity contribution in [2.75, 3.05) is 18.1 Å². The van der Waals surface area contributed by atoms with E-state index in [1.165, 1.54) is 6.07 Å². The molecule has 0 heterocycles. The van der Waals surface area contributed by atoms with E-state index in [9.17, 15) is 4.39 Å². The molecule has 0 unspecified atom stereocenters. The molecular formula is C13H19FN2OS. The molecule has 1 rings (SSSR count). The lowest BCUT2D eigenvalue weighted by molar-refractivity contribution is 0.288. The molecule has 3 nitrogen and oxygen atoms in total.